The maximum absolute atomic E-state index is 13.2. The Morgan fingerprint density at radius 1 is 1.06 bits per heavy atom. The van der Waals surface area contributed by atoms with E-state index in [-0.39, 0.29) is 23.4 Å². The molecule has 170 valence electrons. The van der Waals surface area contributed by atoms with Crippen molar-refractivity contribution in [1.29, 1.82) is 0 Å². The predicted molar refractivity (Wildman–Crippen MR) is 121 cm³/mol. The van der Waals surface area contributed by atoms with Crippen molar-refractivity contribution < 1.29 is 22.7 Å². The lowest BCUT2D eigenvalue weighted by atomic mass is 10.1. The first-order valence-electron chi connectivity index (χ1n) is 10.9. The predicted octanol–water partition coefficient (Wildman–Crippen LogP) is 3.06. The molecule has 4 rings (SSSR count). The number of hydrogen-bond donors (Lipinski definition) is 0. The Hall–Kier alpha value is -2.71. The third-order valence-electron chi connectivity index (χ3n) is 6.17. The molecule has 1 amide bonds. The molecule has 0 spiro atoms. The first-order chi connectivity index (χ1) is 15.3. The molecule has 0 bridgehead atoms. The molecule has 8 heteroatoms. The molecule has 1 saturated heterocycles. The molecule has 0 N–H and O–H groups in total. The second-order valence-corrected chi connectivity index (χ2v) is 10.4. The highest BCUT2D eigenvalue weighted by molar-refractivity contribution is 7.89. The van der Waals surface area contributed by atoms with E-state index in [2.05, 4.69) is 0 Å². The highest BCUT2D eigenvalue weighted by Crippen LogP contribution is 2.32. The smallest absolute Gasteiger partial charge is 0.324 e. The minimum Gasteiger partial charge on any atom is -0.454 e. The van der Waals surface area contributed by atoms with Crippen LogP contribution >= 0.6 is 0 Å². The van der Waals surface area contributed by atoms with Gasteiger partial charge in [-0.15, -0.1) is 0 Å². The zero-order valence-electron chi connectivity index (χ0n) is 18.4. The van der Waals surface area contributed by atoms with Crippen molar-refractivity contribution >= 4 is 27.6 Å². The van der Waals surface area contributed by atoms with Crippen LogP contribution in [0.15, 0.2) is 53.4 Å². The van der Waals surface area contributed by atoms with Crippen LogP contribution in [0, 0.1) is 6.92 Å². The Balaban J connectivity index is 1.46. The number of carbonyl (C=O) groups excluding carboxylic acids is 2. The zero-order valence-corrected chi connectivity index (χ0v) is 19.2. The van der Waals surface area contributed by atoms with Crippen molar-refractivity contribution in [2.24, 2.45) is 0 Å². The molecule has 32 heavy (non-hydrogen) atoms. The minimum absolute atomic E-state index is 0.0216. The fourth-order valence-electron chi connectivity index (χ4n) is 4.52. The molecule has 0 aromatic heterocycles. The molecule has 2 unspecified atom stereocenters. The summed E-state index contributed by atoms with van der Waals surface area (Å²) >= 11 is 0. The van der Waals surface area contributed by atoms with Gasteiger partial charge in [0.1, 0.15) is 6.04 Å². The van der Waals surface area contributed by atoms with Crippen LogP contribution in [0.4, 0.5) is 5.69 Å². The normalized spacial score (nSPS) is 21.2. The van der Waals surface area contributed by atoms with Gasteiger partial charge in [0, 0.05) is 18.3 Å². The number of piperidine rings is 1. The second-order valence-electron chi connectivity index (χ2n) is 8.49. The summed E-state index contributed by atoms with van der Waals surface area (Å²) in [6.45, 7) is 3.68. The Morgan fingerprint density at radius 3 is 2.53 bits per heavy atom. The van der Waals surface area contributed by atoms with Crippen LogP contribution in [-0.4, -0.2) is 49.8 Å². The van der Waals surface area contributed by atoms with Crippen LogP contribution in [-0.2, 0) is 30.8 Å². The topological polar surface area (TPSA) is 84.0 Å². The first kappa shape index (κ1) is 22.5. The van der Waals surface area contributed by atoms with Gasteiger partial charge >= 0.3 is 5.97 Å². The van der Waals surface area contributed by atoms with Gasteiger partial charge in [0.15, 0.2) is 6.61 Å². The van der Waals surface area contributed by atoms with E-state index in [1.54, 1.807) is 29.2 Å². The fraction of sp³-hybridized carbons (Fsp3) is 0.417. The summed E-state index contributed by atoms with van der Waals surface area (Å²) in [5.41, 5.74) is 2.87. The van der Waals surface area contributed by atoms with E-state index in [0.717, 1.165) is 29.7 Å². The van der Waals surface area contributed by atoms with Gasteiger partial charge in [-0.05, 0) is 63.3 Å². The van der Waals surface area contributed by atoms with E-state index in [4.69, 9.17) is 4.74 Å². The van der Waals surface area contributed by atoms with Crippen molar-refractivity contribution in [2.75, 3.05) is 18.1 Å². The van der Waals surface area contributed by atoms with E-state index in [9.17, 15) is 18.0 Å². The Morgan fingerprint density at radius 2 is 1.78 bits per heavy atom. The van der Waals surface area contributed by atoms with Gasteiger partial charge in [0.25, 0.3) is 5.91 Å². The van der Waals surface area contributed by atoms with Crippen molar-refractivity contribution in [1.82, 2.24) is 4.31 Å². The summed E-state index contributed by atoms with van der Waals surface area (Å²) in [6.07, 6.45) is 2.53. The number of fused-ring (bicyclic) bond motifs is 1. The standard InChI is InChI=1S/C24H28N2O5S/c1-17-10-12-20(13-11-17)32(29,30)25-14-6-5-9-22(25)24(28)31-16-23(27)26-18(2)15-19-7-3-4-8-21(19)26/h3-4,7-8,10-13,18,22H,5-6,9,14-16H2,1-2H3. The largest absolute Gasteiger partial charge is 0.454 e. The number of nitrogens with zero attached hydrogens (tertiary/aromatic N) is 2. The molecule has 0 aliphatic carbocycles. The number of ether oxygens (including phenoxy) is 1. The van der Waals surface area contributed by atoms with E-state index in [0.29, 0.717) is 12.8 Å². The van der Waals surface area contributed by atoms with Gasteiger partial charge in [0.05, 0.1) is 4.90 Å². The highest BCUT2D eigenvalue weighted by atomic mass is 32.2. The molecular weight excluding hydrogens is 428 g/mol. The molecule has 7 nitrogen and oxygen atoms in total. The number of hydrogen-bond acceptors (Lipinski definition) is 5. The van der Waals surface area contributed by atoms with Crippen molar-refractivity contribution in [3.8, 4) is 0 Å². The number of aryl methyl sites for hydroxylation is 1. The molecule has 2 aromatic carbocycles. The maximum atomic E-state index is 13.2. The van der Waals surface area contributed by atoms with E-state index in [1.165, 1.54) is 4.31 Å². The summed E-state index contributed by atoms with van der Waals surface area (Å²) in [4.78, 5) is 27.6. The molecule has 2 atom stereocenters. The third-order valence-corrected chi connectivity index (χ3v) is 8.09. The maximum Gasteiger partial charge on any atom is 0.324 e. The summed E-state index contributed by atoms with van der Waals surface area (Å²) in [7, 11) is -3.84. The number of benzene rings is 2. The number of rotatable bonds is 5. The summed E-state index contributed by atoms with van der Waals surface area (Å²) in [5, 5.41) is 0. The number of para-hydroxylation sites is 1. The van der Waals surface area contributed by atoms with Gasteiger partial charge in [-0.2, -0.15) is 4.31 Å². The lowest BCUT2D eigenvalue weighted by molar-refractivity contribution is -0.152. The highest BCUT2D eigenvalue weighted by Gasteiger charge is 2.39. The summed E-state index contributed by atoms with van der Waals surface area (Å²) < 4.78 is 33.0. The number of esters is 1. The Labute approximate surface area is 189 Å². The van der Waals surface area contributed by atoms with Gasteiger partial charge in [-0.3, -0.25) is 9.59 Å². The molecule has 0 radical (unpaired) electrons. The fourth-order valence-corrected chi connectivity index (χ4v) is 6.16. The molecule has 2 aliphatic rings. The average Bonchev–Trinajstić information content (AvgIpc) is 3.13. The molecular formula is C24H28N2O5S. The lowest BCUT2D eigenvalue weighted by Crippen LogP contribution is -2.49. The molecule has 0 saturated carbocycles. The Kier molecular flexibility index (Phi) is 6.35. The van der Waals surface area contributed by atoms with E-state index in [1.807, 2.05) is 38.1 Å². The molecule has 1 fully saturated rings. The van der Waals surface area contributed by atoms with Crippen LogP contribution in [0.2, 0.25) is 0 Å². The van der Waals surface area contributed by atoms with Crippen LogP contribution in [0.25, 0.3) is 0 Å². The number of carbonyl (C=O) groups is 2. The van der Waals surface area contributed by atoms with Gasteiger partial charge < -0.3 is 9.64 Å². The lowest BCUT2D eigenvalue weighted by Gasteiger charge is -2.33. The van der Waals surface area contributed by atoms with Gasteiger partial charge in [0.2, 0.25) is 10.0 Å². The third kappa shape index (κ3) is 4.29. The number of sulfonamides is 1. The number of anilines is 1. The zero-order chi connectivity index (χ0) is 22.9. The molecule has 2 heterocycles. The van der Waals surface area contributed by atoms with Gasteiger partial charge in [-0.1, -0.05) is 35.9 Å². The Bertz CT molecular complexity index is 1110. The van der Waals surface area contributed by atoms with E-state index < -0.39 is 28.6 Å². The quantitative estimate of drug-likeness (QED) is 0.646. The summed E-state index contributed by atoms with van der Waals surface area (Å²) in [5.74, 6) is -0.978. The van der Waals surface area contributed by atoms with E-state index >= 15 is 0 Å². The average molecular weight is 457 g/mol. The minimum atomic E-state index is -3.84. The molecule has 2 aliphatic heterocycles. The van der Waals surface area contributed by atoms with Crippen LogP contribution in [0.5, 0.6) is 0 Å². The van der Waals surface area contributed by atoms with Crippen molar-refractivity contribution in [2.45, 2.75) is 56.5 Å². The van der Waals surface area contributed by atoms with Crippen LogP contribution < -0.4 is 4.90 Å². The SMILES string of the molecule is Cc1ccc(S(=O)(=O)N2CCCCC2C(=O)OCC(=O)N2c3ccccc3CC2C)cc1. The number of amides is 1. The van der Waals surface area contributed by atoms with Crippen LogP contribution in [0.1, 0.15) is 37.3 Å². The first-order valence-corrected chi connectivity index (χ1v) is 12.4. The van der Waals surface area contributed by atoms with Crippen molar-refractivity contribution in [3.63, 3.8) is 0 Å². The van der Waals surface area contributed by atoms with Crippen molar-refractivity contribution in [3.05, 3.63) is 59.7 Å². The monoisotopic (exact) mass is 456 g/mol. The summed E-state index contributed by atoms with van der Waals surface area (Å²) in [6, 6.07) is 13.3. The van der Waals surface area contributed by atoms with Crippen LogP contribution in [0.3, 0.4) is 0 Å². The molecule has 2 aromatic rings. The van der Waals surface area contributed by atoms with Gasteiger partial charge in [-0.25, -0.2) is 8.42 Å². The second kappa shape index (κ2) is 9.03.